The van der Waals surface area contributed by atoms with Crippen LogP contribution in [-0.2, 0) is 25.5 Å². The first-order valence-corrected chi connectivity index (χ1v) is 11.5. The first-order chi connectivity index (χ1) is 14.4. The molecule has 5 atom stereocenters. The summed E-state index contributed by atoms with van der Waals surface area (Å²) in [6.45, 7) is 4.11. The highest BCUT2D eigenvalue weighted by Gasteiger charge is 2.56. The summed E-state index contributed by atoms with van der Waals surface area (Å²) in [5, 5.41) is 9.84. The summed E-state index contributed by atoms with van der Waals surface area (Å²) >= 11 is 0. The summed E-state index contributed by atoms with van der Waals surface area (Å²) in [7, 11) is 0. The van der Waals surface area contributed by atoms with Crippen LogP contribution in [0.1, 0.15) is 82.3 Å². The van der Waals surface area contributed by atoms with E-state index < -0.39 is 0 Å². The number of carbonyl (C=O) groups excluding carboxylic acids is 2. The molecule has 0 aromatic heterocycles. The van der Waals surface area contributed by atoms with E-state index in [4.69, 9.17) is 9.47 Å². The van der Waals surface area contributed by atoms with Crippen LogP contribution in [0.2, 0.25) is 0 Å². The number of phenolic OH excluding ortho intramolecular Hbond substituents is 1. The monoisotopic (exact) mass is 414 g/mol. The predicted octanol–water partition coefficient (Wildman–Crippen LogP) is 4.89. The van der Waals surface area contributed by atoms with Crippen LogP contribution in [0.4, 0.5) is 0 Å². The molecule has 3 aliphatic rings. The highest BCUT2D eigenvalue weighted by molar-refractivity contribution is 5.69. The minimum absolute atomic E-state index is 0.0191. The van der Waals surface area contributed by atoms with Gasteiger partial charge in [0.15, 0.2) is 0 Å². The van der Waals surface area contributed by atoms with Crippen molar-refractivity contribution in [2.24, 2.45) is 17.3 Å². The van der Waals surface area contributed by atoms with Gasteiger partial charge in [-0.2, -0.15) is 0 Å². The Kier molecular flexibility index (Phi) is 6.08. The number of hydrogen-bond acceptors (Lipinski definition) is 5. The molecule has 1 N–H and O–H groups in total. The number of esters is 2. The SMILES string of the molecule is CC(=O)OCCCCC(=O)O[C@H]1CC[C@H]2[C@@H]3CCc4cc(O)ccc4[C@H]3CC[C@]12C. The number of phenols is 1. The summed E-state index contributed by atoms with van der Waals surface area (Å²) in [6.07, 6.45) is 8.30. The Balaban J connectivity index is 1.35. The Morgan fingerprint density at radius 1 is 1.17 bits per heavy atom. The van der Waals surface area contributed by atoms with Crippen molar-refractivity contribution in [2.45, 2.75) is 83.7 Å². The number of carbonyl (C=O) groups is 2. The number of ether oxygens (including phenoxy) is 2. The molecule has 0 spiro atoms. The highest BCUT2D eigenvalue weighted by Crippen LogP contribution is 2.61. The molecule has 0 radical (unpaired) electrons. The first-order valence-electron chi connectivity index (χ1n) is 11.5. The molecule has 0 saturated heterocycles. The van der Waals surface area contributed by atoms with E-state index in [1.807, 2.05) is 12.1 Å². The van der Waals surface area contributed by atoms with E-state index in [2.05, 4.69) is 13.0 Å². The van der Waals surface area contributed by atoms with Crippen molar-refractivity contribution in [1.29, 1.82) is 0 Å². The predicted molar refractivity (Wildman–Crippen MR) is 113 cm³/mol. The van der Waals surface area contributed by atoms with E-state index in [9.17, 15) is 14.7 Å². The molecule has 2 saturated carbocycles. The van der Waals surface area contributed by atoms with Crippen LogP contribution >= 0.6 is 0 Å². The summed E-state index contributed by atoms with van der Waals surface area (Å²) in [6, 6.07) is 5.90. The van der Waals surface area contributed by atoms with E-state index >= 15 is 0 Å². The molecule has 5 heteroatoms. The maximum Gasteiger partial charge on any atom is 0.306 e. The van der Waals surface area contributed by atoms with Gasteiger partial charge in [-0.05, 0) is 92.4 Å². The molecule has 0 heterocycles. The first kappa shape index (κ1) is 21.2. The molecule has 0 aliphatic heterocycles. The average Bonchev–Trinajstić information content (AvgIpc) is 3.03. The number of hydrogen-bond donors (Lipinski definition) is 1. The molecule has 5 nitrogen and oxygen atoms in total. The number of fused-ring (bicyclic) bond motifs is 5. The fourth-order valence-corrected chi connectivity index (χ4v) is 6.52. The zero-order chi connectivity index (χ0) is 21.3. The lowest BCUT2D eigenvalue weighted by Gasteiger charge is -2.50. The topological polar surface area (TPSA) is 72.8 Å². The Labute approximate surface area is 179 Å². The molecule has 0 bridgehead atoms. The molecule has 0 unspecified atom stereocenters. The van der Waals surface area contributed by atoms with Gasteiger partial charge in [-0.25, -0.2) is 0 Å². The van der Waals surface area contributed by atoms with Crippen LogP contribution in [0.3, 0.4) is 0 Å². The Bertz CT molecular complexity index is 803. The Morgan fingerprint density at radius 2 is 2.00 bits per heavy atom. The second-order valence-electron chi connectivity index (χ2n) is 9.70. The van der Waals surface area contributed by atoms with Crippen LogP contribution in [-0.4, -0.2) is 29.8 Å². The van der Waals surface area contributed by atoms with E-state index in [0.29, 0.717) is 49.4 Å². The summed E-state index contributed by atoms with van der Waals surface area (Å²) < 4.78 is 10.9. The van der Waals surface area contributed by atoms with Crippen LogP contribution in [0.25, 0.3) is 0 Å². The second kappa shape index (κ2) is 8.60. The lowest BCUT2D eigenvalue weighted by Crippen LogP contribution is -2.45. The summed E-state index contributed by atoms with van der Waals surface area (Å²) in [4.78, 5) is 23.2. The van der Waals surface area contributed by atoms with Gasteiger partial charge >= 0.3 is 11.9 Å². The van der Waals surface area contributed by atoms with Gasteiger partial charge in [0.1, 0.15) is 11.9 Å². The quantitative estimate of drug-likeness (QED) is 0.530. The second-order valence-corrected chi connectivity index (χ2v) is 9.70. The fraction of sp³-hybridized carbons (Fsp3) is 0.680. The number of unbranched alkanes of at least 4 members (excludes halogenated alkanes) is 1. The minimum atomic E-state index is -0.278. The molecule has 0 amide bonds. The van der Waals surface area contributed by atoms with Crippen molar-refractivity contribution < 1.29 is 24.2 Å². The molecule has 3 aliphatic carbocycles. The van der Waals surface area contributed by atoms with E-state index in [1.165, 1.54) is 18.1 Å². The third kappa shape index (κ3) is 4.08. The maximum atomic E-state index is 12.4. The number of aryl methyl sites for hydroxylation is 1. The molecule has 1 aromatic rings. The molecule has 164 valence electrons. The van der Waals surface area contributed by atoms with Crippen LogP contribution in [0.15, 0.2) is 18.2 Å². The Hall–Kier alpha value is -2.04. The zero-order valence-corrected chi connectivity index (χ0v) is 18.2. The molecule has 4 rings (SSSR count). The van der Waals surface area contributed by atoms with Crippen LogP contribution in [0, 0.1) is 17.3 Å². The van der Waals surface area contributed by atoms with Gasteiger partial charge in [-0.3, -0.25) is 9.59 Å². The largest absolute Gasteiger partial charge is 0.508 e. The van der Waals surface area contributed by atoms with E-state index in [1.54, 1.807) is 0 Å². The fourth-order valence-electron chi connectivity index (χ4n) is 6.52. The average molecular weight is 415 g/mol. The van der Waals surface area contributed by atoms with Gasteiger partial charge in [-0.1, -0.05) is 13.0 Å². The maximum absolute atomic E-state index is 12.4. The van der Waals surface area contributed by atoms with Crippen molar-refractivity contribution in [2.75, 3.05) is 6.61 Å². The van der Waals surface area contributed by atoms with Gasteiger partial charge in [0.05, 0.1) is 6.61 Å². The van der Waals surface area contributed by atoms with Crippen LogP contribution in [0.5, 0.6) is 5.75 Å². The summed E-state index contributed by atoms with van der Waals surface area (Å²) in [5.74, 6) is 1.79. The van der Waals surface area contributed by atoms with Gasteiger partial charge in [0.2, 0.25) is 0 Å². The third-order valence-electron chi connectivity index (χ3n) is 7.98. The normalized spacial score (nSPS) is 31.9. The highest BCUT2D eigenvalue weighted by atomic mass is 16.5. The lowest BCUT2D eigenvalue weighted by molar-refractivity contribution is -0.157. The molecule has 1 aromatic carbocycles. The number of aromatic hydroxyl groups is 1. The van der Waals surface area contributed by atoms with E-state index in [-0.39, 0.29) is 23.5 Å². The smallest absolute Gasteiger partial charge is 0.306 e. The van der Waals surface area contributed by atoms with Gasteiger partial charge in [-0.15, -0.1) is 0 Å². The minimum Gasteiger partial charge on any atom is -0.508 e. The van der Waals surface area contributed by atoms with Gasteiger partial charge < -0.3 is 14.6 Å². The molecule has 30 heavy (non-hydrogen) atoms. The van der Waals surface area contributed by atoms with Crippen molar-refractivity contribution in [3.8, 4) is 5.75 Å². The zero-order valence-electron chi connectivity index (χ0n) is 18.2. The van der Waals surface area contributed by atoms with Crippen molar-refractivity contribution in [3.05, 3.63) is 29.3 Å². The van der Waals surface area contributed by atoms with Gasteiger partial charge in [0, 0.05) is 18.8 Å². The molecular weight excluding hydrogens is 380 g/mol. The van der Waals surface area contributed by atoms with Crippen molar-refractivity contribution >= 4 is 11.9 Å². The summed E-state index contributed by atoms with van der Waals surface area (Å²) in [5.41, 5.74) is 2.82. The van der Waals surface area contributed by atoms with Gasteiger partial charge in [0.25, 0.3) is 0 Å². The number of benzene rings is 1. The third-order valence-corrected chi connectivity index (χ3v) is 7.98. The molecular formula is C25H34O5. The van der Waals surface area contributed by atoms with Crippen molar-refractivity contribution in [1.82, 2.24) is 0 Å². The van der Waals surface area contributed by atoms with E-state index in [0.717, 1.165) is 38.5 Å². The lowest BCUT2D eigenvalue weighted by atomic mass is 9.55. The standard InChI is InChI=1S/C25H34O5/c1-16(26)29-14-4-3-5-24(28)30-23-11-10-22-21-8-6-17-15-18(27)7-9-19(17)20(21)12-13-25(22,23)2/h7,9,15,20-23,27H,3-6,8,10-14H2,1-2H3/t20-,21-,22+,23+,25+/m1/s1. The van der Waals surface area contributed by atoms with Crippen molar-refractivity contribution in [3.63, 3.8) is 0 Å². The number of rotatable bonds is 6. The Morgan fingerprint density at radius 3 is 2.80 bits per heavy atom. The van der Waals surface area contributed by atoms with Crippen LogP contribution < -0.4 is 0 Å². The molecule has 2 fully saturated rings.